The van der Waals surface area contributed by atoms with Crippen LogP contribution in [0.2, 0.25) is 0 Å². The summed E-state index contributed by atoms with van der Waals surface area (Å²) in [5, 5.41) is 6.37. The van der Waals surface area contributed by atoms with Crippen molar-refractivity contribution in [2.75, 3.05) is 45.9 Å². The van der Waals surface area contributed by atoms with Crippen molar-refractivity contribution in [1.29, 1.82) is 0 Å². The molecule has 6 heteroatoms. The molecule has 2 aliphatic rings. The van der Waals surface area contributed by atoms with Gasteiger partial charge in [0.25, 0.3) is 0 Å². The van der Waals surface area contributed by atoms with Crippen LogP contribution in [0.25, 0.3) is 0 Å². The van der Waals surface area contributed by atoms with Crippen LogP contribution in [-0.4, -0.2) is 68.6 Å². The van der Waals surface area contributed by atoms with Gasteiger partial charge in [-0.2, -0.15) is 0 Å². The van der Waals surface area contributed by atoms with Crippen LogP contribution in [0, 0.1) is 5.41 Å². The lowest BCUT2D eigenvalue weighted by Crippen LogP contribution is -2.56. The molecule has 6 nitrogen and oxygen atoms in total. The van der Waals surface area contributed by atoms with Crippen molar-refractivity contribution >= 4 is 5.91 Å². The Balaban J connectivity index is 1.73. The van der Waals surface area contributed by atoms with Gasteiger partial charge < -0.3 is 25.0 Å². The Bertz CT molecular complexity index is 379. The second-order valence-electron chi connectivity index (χ2n) is 7.41. The molecule has 0 aromatic heterocycles. The summed E-state index contributed by atoms with van der Waals surface area (Å²) >= 11 is 0. The van der Waals surface area contributed by atoms with Crippen molar-refractivity contribution in [2.24, 2.45) is 5.41 Å². The second-order valence-corrected chi connectivity index (χ2v) is 7.41. The molecule has 0 aromatic carbocycles. The molecule has 2 N–H and O–H groups in total. The Kier molecular flexibility index (Phi) is 5.82. The summed E-state index contributed by atoms with van der Waals surface area (Å²) in [6.07, 6.45) is 0.508. The molecule has 1 amide bonds. The van der Waals surface area contributed by atoms with Gasteiger partial charge >= 0.3 is 0 Å². The van der Waals surface area contributed by atoms with Crippen LogP contribution >= 0.6 is 0 Å². The van der Waals surface area contributed by atoms with E-state index in [2.05, 4.69) is 15.5 Å². The van der Waals surface area contributed by atoms with Crippen molar-refractivity contribution in [3.8, 4) is 0 Å². The lowest BCUT2D eigenvalue weighted by molar-refractivity contribution is -0.304. The molecule has 0 aliphatic carbocycles. The first kappa shape index (κ1) is 17.7. The molecule has 1 unspecified atom stereocenters. The van der Waals surface area contributed by atoms with Gasteiger partial charge in [0.05, 0.1) is 6.61 Å². The minimum Gasteiger partial charge on any atom is -0.354 e. The first-order valence-electron chi connectivity index (χ1n) is 8.33. The van der Waals surface area contributed by atoms with Crippen LogP contribution in [-0.2, 0) is 14.3 Å². The molecule has 0 bridgehead atoms. The van der Waals surface area contributed by atoms with Crippen LogP contribution in [0.1, 0.15) is 34.1 Å². The molecule has 2 heterocycles. The lowest BCUT2D eigenvalue weighted by Gasteiger charge is -2.44. The first-order valence-corrected chi connectivity index (χ1v) is 8.33. The van der Waals surface area contributed by atoms with Crippen LogP contribution in [0.5, 0.6) is 0 Å². The number of hydrogen-bond acceptors (Lipinski definition) is 5. The predicted octanol–water partition coefficient (Wildman–Crippen LogP) is 0.576. The second kappa shape index (κ2) is 7.25. The maximum absolute atomic E-state index is 12.4. The van der Waals surface area contributed by atoms with Gasteiger partial charge in [0.15, 0.2) is 5.79 Å². The zero-order valence-corrected chi connectivity index (χ0v) is 14.4. The van der Waals surface area contributed by atoms with Gasteiger partial charge in [0.1, 0.15) is 6.10 Å². The van der Waals surface area contributed by atoms with E-state index in [0.717, 1.165) is 39.1 Å². The summed E-state index contributed by atoms with van der Waals surface area (Å²) in [5.74, 6) is -0.722. The van der Waals surface area contributed by atoms with E-state index < -0.39 is 11.9 Å². The largest absolute Gasteiger partial charge is 0.354 e. The molecule has 128 valence electrons. The van der Waals surface area contributed by atoms with Crippen molar-refractivity contribution in [2.45, 2.75) is 46.0 Å². The first-order chi connectivity index (χ1) is 10.3. The maximum Gasteiger partial charge on any atom is 0.249 e. The van der Waals surface area contributed by atoms with Crippen molar-refractivity contribution < 1.29 is 14.3 Å². The van der Waals surface area contributed by atoms with E-state index in [1.807, 2.05) is 27.7 Å². The highest BCUT2D eigenvalue weighted by Gasteiger charge is 2.45. The minimum atomic E-state index is -0.696. The lowest BCUT2D eigenvalue weighted by atomic mass is 9.85. The zero-order chi connectivity index (χ0) is 16.2. The van der Waals surface area contributed by atoms with Crippen LogP contribution in [0.15, 0.2) is 0 Å². The quantitative estimate of drug-likeness (QED) is 0.727. The van der Waals surface area contributed by atoms with Gasteiger partial charge in [-0.25, -0.2) is 0 Å². The van der Waals surface area contributed by atoms with Gasteiger partial charge in [0.2, 0.25) is 5.91 Å². The molecular weight excluding hydrogens is 282 g/mol. The van der Waals surface area contributed by atoms with E-state index in [0.29, 0.717) is 13.2 Å². The Morgan fingerprint density at radius 2 is 1.95 bits per heavy atom. The molecule has 0 spiro atoms. The van der Waals surface area contributed by atoms with Crippen molar-refractivity contribution in [3.63, 3.8) is 0 Å². The smallest absolute Gasteiger partial charge is 0.249 e. The monoisotopic (exact) mass is 313 g/mol. The molecule has 22 heavy (non-hydrogen) atoms. The number of amides is 1. The number of nitrogens with zero attached hydrogens (tertiary/aromatic N) is 1. The summed E-state index contributed by atoms with van der Waals surface area (Å²) in [6.45, 7) is 14.3. The summed E-state index contributed by atoms with van der Waals surface area (Å²) in [7, 11) is 0. The highest BCUT2D eigenvalue weighted by Crippen LogP contribution is 2.34. The molecule has 0 aromatic rings. The third-order valence-electron chi connectivity index (χ3n) is 4.30. The third-order valence-corrected chi connectivity index (χ3v) is 4.30. The molecule has 2 rings (SSSR count). The number of nitrogens with one attached hydrogen (secondary N) is 2. The summed E-state index contributed by atoms with van der Waals surface area (Å²) in [6, 6.07) is 0. The molecule has 2 saturated heterocycles. The number of piperazine rings is 1. The highest BCUT2D eigenvalue weighted by molar-refractivity contribution is 5.81. The third kappa shape index (κ3) is 4.91. The van der Waals surface area contributed by atoms with Gasteiger partial charge in [-0.3, -0.25) is 4.79 Å². The standard InChI is InChI=1S/C16H31N3O3/c1-15(2)12-21-16(3,4)22-13(15)14(20)18-6-5-9-19-10-7-17-8-11-19/h13,17H,5-12H2,1-4H3,(H,18,20). The van der Waals surface area contributed by atoms with Gasteiger partial charge in [-0.1, -0.05) is 13.8 Å². The summed E-state index contributed by atoms with van der Waals surface area (Å²) < 4.78 is 11.5. The highest BCUT2D eigenvalue weighted by atomic mass is 16.7. The maximum atomic E-state index is 12.4. The number of ether oxygens (including phenoxy) is 2. The van der Waals surface area contributed by atoms with Gasteiger partial charge in [-0.15, -0.1) is 0 Å². The predicted molar refractivity (Wildman–Crippen MR) is 85.6 cm³/mol. The number of carbonyl (C=O) groups excluding carboxylic acids is 1. The molecular formula is C16H31N3O3. The fraction of sp³-hybridized carbons (Fsp3) is 0.938. The Labute approximate surface area is 133 Å². The molecule has 0 saturated carbocycles. The van der Waals surface area contributed by atoms with E-state index >= 15 is 0 Å². The summed E-state index contributed by atoms with van der Waals surface area (Å²) in [5.41, 5.74) is -0.307. The molecule has 0 radical (unpaired) electrons. The normalized spacial score (nSPS) is 28.3. The van der Waals surface area contributed by atoms with E-state index in [1.54, 1.807) is 0 Å². The number of carbonyl (C=O) groups is 1. The number of hydrogen-bond donors (Lipinski definition) is 2. The molecule has 1 atom stereocenters. The van der Waals surface area contributed by atoms with E-state index in [4.69, 9.17) is 9.47 Å². The molecule has 2 fully saturated rings. The topological polar surface area (TPSA) is 62.8 Å². The van der Waals surface area contributed by atoms with E-state index in [1.165, 1.54) is 0 Å². The zero-order valence-electron chi connectivity index (χ0n) is 14.4. The Morgan fingerprint density at radius 3 is 2.64 bits per heavy atom. The average molecular weight is 313 g/mol. The van der Waals surface area contributed by atoms with Crippen LogP contribution in [0.3, 0.4) is 0 Å². The minimum absolute atomic E-state index is 0.0262. The van der Waals surface area contributed by atoms with Crippen LogP contribution < -0.4 is 10.6 Å². The SMILES string of the molecule is CC1(C)OCC(C)(C)C(C(=O)NCCCN2CCNCC2)O1. The summed E-state index contributed by atoms with van der Waals surface area (Å²) in [4.78, 5) is 14.9. The van der Waals surface area contributed by atoms with Gasteiger partial charge in [0, 0.05) is 38.1 Å². The van der Waals surface area contributed by atoms with Crippen LogP contribution in [0.4, 0.5) is 0 Å². The fourth-order valence-corrected chi connectivity index (χ4v) is 2.86. The average Bonchev–Trinajstić information content (AvgIpc) is 2.47. The van der Waals surface area contributed by atoms with Gasteiger partial charge in [-0.05, 0) is 26.8 Å². The van der Waals surface area contributed by atoms with Crippen molar-refractivity contribution in [1.82, 2.24) is 15.5 Å². The Hall–Kier alpha value is -0.690. The van der Waals surface area contributed by atoms with E-state index in [-0.39, 0.29) is 11.3 Å². The molecule has 2 aliphatic heterocycles. The fourth-order valence-electron chi connectivity index (χ4n) is 2.86. The Morgan fingerprint density at radius 1 is 1.27 bits per heavy atom. The van der Waals surface area contributed by atoms with E-state index in [9.17, 15) is 4.79 Å². The van der Waals surface area contributed by atoms with Crippen molar-refractivity contribution in [3.05, 3.63) is 0 Å². The number of rotatable bonds is 5.